The number of hydrogen-bond donors (Lipinski definition) is 0. The molecule has 0 bridgehead atoms. The zero-order chi connectivity index (χ0) is 12.4. The summed E-state index contributed by atoms with van der Waals surface area (Å²) in [5.74, 6) is -0.545. The van der Waals surface area contributed by atoms with Crippen LogP contribution in [0.25, 0.3) is 11.1 Å². The summed E-state index contributed by atoms with van der Waals surface area (Å²) in [6, 6.07) is 11.2. The Hall–Kier alpha value is -1.56. The average Bonchev–Trinajstić information content (AvgIpc) is 2.32. The van der Waals surface area contributed by atoms with Gasteiger partial charge >= 0.3 is 0 Å². The van der Waals surface area contributed by atoms with Gasteiger partial charge in [0, 0.05) is 0 Å². The Balaban J connectivity index is 2.50. The molecule has 0 aliphatic heterocycles. The summed E-state index contributed by atoms with van der Waals surface area (Å²) >= 11 is 11.7. The molecule has 2 rings (SSSR count). The third-order valence-electron chi connectivity index (χ3n) is 2.34. The van der Waals surface area contributed by atoms with E-state index in [9.17, 15) is 4.39 Å². The third kappa shape index (κ3) is 2.41. The summed E-state index contributed by atoms with van der Waals surface area (Å²) in [6.45, 7) is 0. The van der Waals surface area contributed by atoms with Crippen molar-refractivity contribution in [1.82, 2.24) is 0 Å². The smallest absolute Gasteiger partial charge is 0.141 e. The lowest BCUT2D eigenvalue weighted by atomic mass is 10.0. The largest absolute Gasteiger partial charge is 0.206 e. The lowest BCUT2D eigenvalue weighted by Crippen LogP contribution is -1.85. The highest BCUT2D eigenvalue weighted by molar-refractivity contribution is 6.42. The highest BCUT2D eigenvalue weighted by Crippen LogP contribution is 2.29. The van der Waals surface area contributed by atoms with Gasteiger partial charge in [0.15, 0.2) is 0 Å². The van der Waals surface area contributed by atoms with Gasteiger partial charge < -0.3 is 0 Å². The van der Waals surface area contributed by atoms with E-state index in [1.54, 1.807) is 30.3 Å². The molecule has 2 aromatic rings. The van der Waals surface area contributed by atoms with E-state index < -0.39 is 5.82 Å². The lowest BCUT2D eigenvalue weighted by Gasteiger charge is -2.04. The van der Waals surface area contributed by atoms with Crippen molar-refractivity contribution < 1.29 is 4.39 Å². The van der Waals surface area contributed by atoms with Crippen LogP contribution >= 0.6 is 23.2 Å². The van der Waals surface area contributed by atoms with E-state index in [1.807, 2.05) is 0 Å². The van der Waals surface area contributed by atoms with E-state index in [1.165, 1.54) is 12.1 Å². The molecule has 84 valence electrons. The Morgan fingerprint density at radius 1 is 0.941 bits per heavy atom. The molecule has 17 heavy (non-hydrogen) atoms. The maximum Gasteiger partial charge on any atom is 0.141 e. The molecule has 0 saturated carbocycles. The fraction of sp³-hybridized carbons (Fsp3) is 0. The number of hydrogen-bond acceptors (Lipinski definition) is 1. The van der Waals surface area contributed by atoms with Gasteiger partial charge in [-0.3, -0.25) is 0 Å². The molecule has 0 fully saturated rings. The molecular formula is C13H6Cl2FN. The summed E-state index contributed by atoms with van der Waals surface area (Å²) in [5, 5.41) is 9.49. The molecule has 0 aromatic heterocycles. The van der Waals surface area contributed by atoms with Crippen LogP contribution in [0.1, 0.15) is 5.56 Å². The zero-order valence-electron chi connectivity index (χ0n) is 8.55. The van der Waals surface area contributed by atoms with Gasteiger partial charge in [0.2, 0.25) is 0 Å². The van der Waals surface area contributed by atoms with Gasteiger partial charge in [0.25, 0.3) is 0 Å². The molecule has 0 aliphatic rings. The number of nitriles is 1. The van der Waals surface area contributed by atoms with Crippen molar-refractivity contribution in [3.63, 3.8) is 0 Å². The number of rotatable bonds is 1. The van der Waals surface area contributed by atoms with E-state index >= 15 is 0 Å². The normalized spacial score (nSPS) is 10.0. The Kier molecular flexibility index (Phi) is 3.33. The predicted octanol–water partition coefficient (Wildman–Crippen LogP) is 4.67. The van der Waals surface area contributed by atoms with Crippen LogP contribution in [0.4, 0.5) is 4.39 Å². The first-order valence-electron chi connectivity index (χ1n) is 4.77. The fourth-order valence-electron chi connectivity index (χ4n) is 1.46. The van der Waals surface area contributed by atoms with E-state index in [0.717, 1.165) is 5.56 Å². The second-order valence-corrected chi connectivity index (χ2v) is 4.25. The molecule has 0 unspecified atom stereocenters. The van der Waals surface area contributed by atoms with Crippen molar-refractivity contribution in [2.75, 3.05) is 0 Å². The van der Waals surface area contributed by atoms with Crippen molar-refractivity contribution in [3.8, 4) is 17.2 Å². The minimum atomic E-state index is -0.545. The summed E-state index contributed by atoms with van der Waals surface area (Å²) in [4.78, 5) is 0. The van der Waals surface area contributed by atoms with Gasteiger partial charge in [0.1, 0.15) is 11.9 Å². The molecule has 0 saturated heterocycles. The van der Waals surface area contributed by atoms with Crippen LogP contribution in [0.3, 0.4) is 0 Å². The second-order valence-electron chi connectivity index (χ2n) is 3.44. The minimum absolute atomic E-state index is 0.0220. The molecule has 0 heterocycles. The Morgan fingerprint density at radius 2 is 1.59 bits per heavy atom. The quantitative estimate of drug-likeness (QED) is 0.735. The van der Waals surface area contributed by atoms with E-state index in [0.29, 0.717) is 15.6 Å². The highest BCUT2D eigenvalue weighted by Gasteiger charge is 2.06. The molecule has 1 nitrogen and oxygen atoms in total. The molecule has 0 radical (unpaired) electrons. The fourth-order valence-corrected chi connectivity index (χ4v) is 1.76. The van der Waals surface area contributed by atoms with Crippen LogP contribution in [0.15, 0.2) is 36.4 Å². The molecule has 0 spiro atoms. The lowest BCUT2D eigenvalue weighted by molar-refractivity contribution is 0.624. The summed E-state index contributed by atoms with van der Waals surface area (Å²) in [5.41, 5.74) is 1.43. The third-order valence-corrected chi connectivity index (χ3v) is 3.08. The van der Waals surface area contributed by atoms with E-state index in [-0.39, 0.29) is 5.56 Å². The summed E-state index contributed by atoms with van der Waals surface area (Å²) < 4.78 is 13.4. The average molecular weight is 266 g/mol. The SMILES string of the molecule is N#Cc1ccc(-c2ccc(Cl)c(Cl)c2)cc1F. The van der Waals surface area contributed by atoms with Gasteiger partial charge in [0.05, 0.1) is 15.6 Å². The zero-order valence-corrected chi connectivity index (χ0v) is 10.1. The van der Waals surface area contributed by atoms with Crippen molar-refractivity contribution >= 4 is 23.2 Å². The molecule has 0 atom stereocenters. The maximum absolute atomic E-state index is 13.4. The van der Waals surface area contributed by atoms with Crippen LogP contribution in [0, 0.1) is 17.1 Å². The van der Waals surface area contributed by atoms with E-state index in [4.69, 9.17) is 28.5 Å². The van der Waals surface area contributed by atoms with Gasteiger partial charge in [-0.15, -0.1) is 0 Å². The molecular weight excluding hydrogens is 260 g/mol. The first-order chi connectivity index (χ1) is 8.11. The number of halogens is 3. The molecule has 0 aliphatic carbocycles. The van der Waals surface area contributed by atoms with E-state index in [2.05, 4.69) is 0 Å². The maximum atomic E-state index is 13.4. The van der Waals surface area contributed by atoms with Crippen molar-refractivity contribution in [2.45, 2.75) is 0 Å². The van der Waals surface area contributed by atoms with Gasteiger partial charge in [-0.1, -0.05) is 35.3 Å². The summed E-state index contributed by atoms with van der Waals surface area (Å²) in [6.07, 6.45) is 0. The summed E-state index contributed by atoms with van der Waals surface area (Å²) in [7, 11) is 0. The molecule has 0 amide bonds. The molecule has 4 heteroatoms. The minimum Gasteiger partial charge on any atom is -0.206 e. The first-order valence-corrected chi connectivity index (χ1v) is 5.52. The van der Waals surface area contributed by atoms with Gasteiger partial charge in [-0.2, -0.15) is 5.26 Å². The topological polar surface area (TPSA) is 23.8 Å². The monoisotopic (exact) mass is 265 g/mol. The van der Waals surface area contributed by atoms with Crippen molar-refractivity contribution in [3.05, 3.63) is 57.8 Å². The highest BCUT2D eigenvalue weighted by atomic mass is 35.5. The van der Waals surface area contributed by atoms with Crippen molar-refractivity contribution in [1.29, 1.82) is 5.26 Å². The second kappa shape index (κ2) is 4.75. The number of nitrogens with zero attached hydrogens (tertiary/aromatic N) is 1. The predicted molar refractivity (Wildman–Crippen MR) is 66.6 cm³/mol. The van der Waals surface area contributed by atoms with Crippen LogP contribution in [0.2, 0.25) is 10.0 Å². The standard InChI is InChI=1S/C13H6Cl2FN/c14-11-4-3-8(5-12(11)15)9-1-2-10(7-17)13(16)6-9/h1-6H. The van der Waals surface area contributed by atoms with Crippen LogP contribution < -0.4 is 0 Å². The van der Waals surface area contributed by atoms with Gasteiger partial charge in [-0.25, -0.2) is 4.39 Å². The first kappa shape index (κ1) is 11.9. The van der Waals surface area contributed by atoms with Crippen LogP contribution in [-0.2, 0) is 0 Å². The van der Waals surface area contributed by atoms with Gasteiger partial charge in [-0.05, 0) is 35.4 Å². The van der Waals surface area contributed by atoms with Crippen molar-refractivity contribution in [2.24, 2.45) is 0 Å². The Morgan fingerprint density at radius 3 is 2.18 bits per heavy atom. The molecule has 0 N–H and O–H groups in total. The van der Waals surface area contributed by atoms with Crippen LogP contribution in [0.5, 0.6) is 0 Å². The number of benzene rings is 2. The van der Waals surface area contributed by atoms with Crippen LogP contribution in [-0.4, -0.2) is 0 Å². The Labute approximate surface area is 108 Å². The Bertz CT molecular complexity index is 617. The molecule has 2 aromatic carbocycles.